The summed E-state index contributed by atoms with van der Waals surface area (Å²) >= 11 is 0. The third-order valence-electron chi connectivity index (χ3n) is 4.50. The van der Waals surface area contributed by atoms with Crippen molar-refractivity contribution in [2.45, 2.75) is 0 Å². The second-order valence-electron chi connectivity index (χ2n) is 5.25. The molecule has 0 nitrogen and oxygen atoms in total. The van der Waals surface area contributed by atoms with Crippen LogP contribution in [0.4, 0.5) is 0 Å². The first-order chi connectivity index (χ1) is 8.90. The fourth-order valence-electron chi connectivity index (χ4n) is 3.94. The standard InChI is InChI=1S/C12Si6/c13-7-1-2-4-6-5-3(1)9(14-7)16-11(5)18-12(6)17-10(4)15-8(2)13. The molecule has 6 heterocycles. The average Bonchev–Trinajstić information content (AvgIpc) is 3.05. The van der Waals surface area contributed by atoms with E-state index in [9.17, 15) is 0 Å². The number of benzene rings is 1. The minimum absolute atomic E-state index is 1.08. The molecule has 0 N–H and O–H groups in total. The van der Waals surface area contributed by atoms with E-state index in [-0.39, 0.29) is 0 Å². The molecule has 1 aromatic rings. The van der Waals surface area contributed by atoms with Crippen molar-refractivity contribution in [3.63, 3.8) is 0 Å². The van der Waals surface area contributed by atoms with Gasteiger partial charge in [-0.05, 0) is 31.3 Å². The van der Waals surface area contributed by atoms with Gasteiger partial charge in [0.2, 0.25) is 0 Å². The van der Waals surface area contributed by atoms with Crippen LogP contribution in [0.1, 0.15) is 0 Å². The Hall–Kier alpha value is -0.259. The van der Waals surface area contributed by atoms with Gasteiger partial charge in [-0.25, -0.2) is 0 Å². The summed E-state index contributed by atoms with van der Waals surface area (Å²) in [5.74, 6) is 0. The Morgan fingerprint density at radius 2 is 0.444 bits per heavy atom. The highest BCUT2D eigenvalue weighted by molar-refractivity contribution is 7.24. The molecular weight excluding hydrogens is 313 g/mol. The molecule has 0 aliphatic carbocycles. The van der Waals surface area contributed by atoms with Gasteiger partial charge in [-0.3, -0.25) is 0 Å². The first-order valence-corrected chi connectivity index (χ1v) is 12.0. The lowest BCUT2D eigenvalue weighted by molar-refractivity contribution is 1.34. The predicted octanol–water partition coefficient (Wildman–Crippen LogP) is -5.61. The fraction of sp³-hybridized carbons (Fsp3) is 0. The summed E-state index contributed by atoms with van der Waals surface area (Å²) in [4.78, 5) is 11.1. The van der Waals surface area contributed by atoms with E-state index in [4.69, 9.17) is 0 Å². The summed E-state index contributed by atoms with van der Waals surface area (Å²) in [6.45, 7) is 0. The smallest absolute Gasteiger partial charge is 0.0808 e. The molecule has 0 bridgehead atoms. The van der Waals surface area contributed by atoms with Gasteiger partial charge in [0.25, 0.3) is 0 Å². The molecule has 18 heavy (non-hydrogen) atoms. The Morgan fingerprint density at radius 1 is 0.278 bits per heavy atom. The maximum Gasteiger partial charge on any atom is 0.101 e. The highest BCUT2D eigenvalue weighted by Crippen LogP contribution is 2.20. The molecule has 0 unspecified atom stereocenters. The van der Waals surface area contributed by atoms with Crippen LogP contribution in [-0.2, 0) is 0 Å². The topological polar surface area (TPSA) is 0 Å². The van der Waals surface area contributed by atoms with Crippen molar-refractivity contribution >= 4 is 86.0 Å². The molecule has 72 valence electrons. The lowest BCUT2D eigenvalue weighted by atomic mass is 10.1. The fourth-order valence-corrected chi connectivity index (χ4v) is 18.2. The maximum atomic E-state index is 1.86. The van der Waals surface area contributed by atoms with Crippen LogP contribution >= 0.6 is 0 Å². The first-order valence-electron chi connectivity index (χ1n) is 6.00. The Balaban J connectivity index is 2.17. The zero-order valence-electron chi connectivity index (χ0n) is 9.00. The molecule has 6 heteroatoms. The number of hydrogen-bond donors (Lipinski definition) is 0. The molecule has 0 atom stereocenters. The van der Waals surface area contributed by atoms with Gasteiger partial charge >= 0.3 is 0 Å². The zero-order valence-corrected chi connectivity index (χ0v) is 15.0. The Labute approximate surface area is 117 Å². The van der Waals surface area contributed by atoms with Crippen LogP contribution in [0.25, 0.3) is 28.9 Å². The van der Waals surface area contributed by atoms with E-state index in [0.717, 1.165) is 57.1 Å². The molecule has 0 saturated carbocycles. The maximum absolute atomic E-state index is 1.86. The van der Waals surface area contributed by atoms with Crippen molar-refractivity contribution in [1.29, 1.82) is 0 Å². The van der Waals surface area contributed by atoms with E-state index in [0.29, 0.717) is 0 Å². The molecule has 0 aromatic heterocycles. The lowest BCUT2D eigenvalue weighted by Gasteiger charge is -2.06. The van der Waals surface area contributed by atoms with Crippen LogP contribution in [0, 0.1) is 0 Å². The van der Waals surface area contributed by atoms with E-state index >= 15 is 0 Å². The largest absolute Gasteiger partial charge is 0.101 e. The van der Waals surface area contributed by atoms with Crippen molar-refractivity contribution in [3.05, 3.63) is 31.3 Å². The minimum atomic E-state index is 1.08. The normalized spacial score (nSPS) is 26.0. The molecule has 7 rings (SSSR count). The molecule has 1 aromatic carbocycles. The molecular formula is C12Si6. The third-order valence-corrected chi connectivity index (χ3v) is 15.0. The molecule has 0 fully saturated rings. The van der Waals surface area contributed by atoms with Gasteiger partial charge in [-0.15, -0.1) is 0 Å². The molecule has 0 saturated heterocycles. The third kappa shape index (κ3) is 0.665. The van der Waals surface area contributed by atoms with Crippen molar-refractivity contribution in [3.8, 4) is 0 Å². The number of rotatable bonds is 0. The Bertz CT molecular complexity index is 849. The van der Waals surface area contributed by atoms with E-state index < -0.39 is 0 Å². The van der Waals surface area contributed by atoms with Crippen LogP contribution in [0.5, 0.6) is 0 Å². The van der Waals surface area contributed by atoms with E-state index in [1.807, 2.05) is 28.9 Å². The summed E-state index contributed by atoms with van der Waals surface area (Å²) in [6, 6.07) is 0. The van der Waals surface area contributed by atoms with E-state index in [1.54, 1.807) is 31.3 Å². The second-order valence-corrected chi connectivity index (χ2v) is 15.8. The van der Waals surface area contributed by atoms with Gasteiger partial charge in [-0.1, -0.05) is 28.9 Å². The summed E-state index contributed by atoms with van der Waals surface area (Å²) in [5, 5.41) is 10.7. The molecule has 6 aliphatic heterocycles. The van der Waals surface area contributed by atoms with Gasteiger partial charge in [0, 0.05) is 0 Å². The van der Waals surface area contributed by atoms with Crippen molar-refractivity contribution < 1.29 is 0 Å². The van der Waals surface area contributed by atoms with Gasteiger partial charge in [0.15, 0.2) is 0 Å². The summed E-state index contributed by atoms with van der Waals surface area (Å²) < 4.78 is 0. The summed E-state index contributed by atoms with van der Waals surface area (Å²) in [7, 11) is 6.49. The molecule has 6 aliphatic rings. The van der Waals surface area contributed by atoms with Crippen LogP contribution in [0.3, 0.4) is 0 Å². The summed E-state index contributed by atoms with van der Waals surface area (Å²) in [6.07, 6.45) is 0. The average molecular weight is 313 g/mol. The Kier molecular flexibility index (Phi) is 1.17. The molecule has 12 radical (unpaired) electrons. The van der Waals surface area contributed by atoms with Crippen molar-refractivity contribution in [1.82, 2.24) is 0 Å². The van der Waals surface area contributed by atoms with Gasteiger partial charge in [0.1, 0.15) is 57.1 Å². The van der Waals surface area contributed by atoms with Crippen molar-refractivity contribution in [2.24, 2.45) is 0 Å². The van der Waals surface area contributed by atoms with E-state index in [2.05, 4.69) is 0 Å². The van der Waals surface area contributed by atoms with Gasteiger partial charge in [-0.2, -0.15) is 0 Å². The highest BCUT2D eigenvalue weighted by atomic mass is 28.3. The van der Waals surface area contributed by atoms with Crippen LogP contribution in [0.2, 0.25) is 0 Å². The lowest BCUT2D eigenvalue weighted by Crippen LogP contribution is -2.62. The van der Waals surface area contributed by atoms with Crippen LogP contribution in [0.15, 0.2) is 0 Å². The van der Waals surface area contributed by atoms with Crippen LogP contribution in [-0.4, -0.2) is 57.1 Å². The SMILES string of the molecule is [Si]1C2=c3c4c5c6c7c3=C([Si]2)[Si]C=7[Si]C=6[Si]C=5[Si]C=41. The first kappa shape index (κ1) is 8.82. The molecule has 0 amide bonds. The van der Waals surface area contributed by atoms with Gasteiger partial charge < -0.3 is 0 Å². The zero-order chi connectivity index (χ0) is 11.2. The summed E-state index contributed by atoms with van der Waals surface area (Å²) in [5.41, 5.74) is 0. The number of hydrogen-bond acceptors (Lipinski definition) is 0. The van der Waals surface area contributed by atoms with Crippen LogP contribution < -0.4 is 31.3 Å². The molecule has 0 spiro atoms. The second kappa shape index (κ2) is 2.38. The quantitative estimate of drug-likeness (QED) is 0.419. The minimum Gasteiger partial charge on any atom is -0.0808 e. The monoisotopic (exact) mass is 312 g/mol. The van der Waals surface area contributed by atoms with Crippen molar-refractivity contribution in [2.75, 3.05) is 0 Å². The van der Waals surface area contributed by atoms with Gasteiger partial charge in [0.05, 0.1) is 0 Å². The highest BCUT2D eigenvalue weighted by Gasteiger charge is 2.37. The Morgan fingerprint density at radius 3 is 0.611 bits per heavy atom. The van der Waals surface area contributed by atoms with E-state index in [1.165, 1.54) is 0 Å². The predicted molar refractivity (Wildman–Crippen MR) is 79.2 cm³/mol.